The summed E-state index contributed by atoms with van der Waals surface area (Å²) in [6.07, 6.45) is 0.531. The number of ether oxygens (including phenoxy) is 1. The van der Waals surface area contributed by atoms with E-state index in [0.717, 1.165) is 16.9 Å². The van der Waals surface area contributed by atoms with Gasteiger partial charge in [0, 0.05) is 13.0 Å². The van der Waals surface area contributed by atoms with E-state index in [0.29, 0.717) is 19.6 Å². The summed E-state index contributed by atoms with van der Waals surface area (Å²) in [5.74, 6) is -0.418. The van der Waals surface area contributed by atoms with Gasteiger partial charge in [0.05, 0.1) is 6.42 Å². The Morgan fingerprint density at radius 3 is 2.56 bits per heavy atom. The largest absolute Gasteiger partial charge is 0.489 e. The van der Waals surface area contributed by atoms with Gasteiger partial charge >= 0.3 is 5.97 Å². The highest BCUT2D eigenvalue weighted by Crippen LogP contribution is 2.16. The molecule has 0 aliphatic carbocycles. The molecule has 0 saturated carbocycles. The SMILES string of the molecule is Cc1cccc(COc2cccc(CCNC(=O)CCC(=O)O)c2)c1. The number of hydrogen-bond acceptors (Lipinski definition) is 3. The highest BCUT2D eigenvalue weighted by Gasteiger charge is 2.05. The predicted octanol–water partition coefficient (Wildman–Crippen LogP) is 3.10. The third-order valence-electron chi connectivity index (χ3n) is 3.69. The van der Waals surface area contributed by atoms with Gasteiger partial charge < -0.3 is 15.2 Å². The van der Waals surface area contributed by atoms with E-state index in [1.807, 2.05) is 36.4 Å². The van der Waals surface area contributed by atoms with Gasteiger partial charge in [-0.25, -0.2) is 0 Å². The minimum Gasteiger partial charge on any atom is -0.489 e. The highest BCUT2D eigenvalue weighted by atomic mass is 16.5. The zero-order valence-corrected chi connectivity index (χ0v) is 14.3. The van der Waals surface area contributed by atoms with Crippen LogP contribution < -0.4 is 10.1 Å². The molecule has 0 spiro atoms. The summed E-state index contributed by atoms with van der Waals surface area (Å²) in [5.41, 5.74) is 3.38. The molecule has 1 amide bonds. The summed E-state index contributed by atoms with van der Waals surface area (Å²) in [7, 11) is 0. The molecule has 2 aromatic rings. The first-order valence-corrected chi connectivity index (χ1v) is 8.29. The predicted molar refractivity (Wildman–Crippen MR) is 95.5 cm³/mol. The van der Waals surface area contributed by atoms with Crippen LogP contribution in [-0.2, 0) is 22.6 Å². The van der Waals surface area contributed by atoms with Crippen molar-refractivity contribution >= 4 is 11.9 Å². The molecule has 2 N–H and O–H groups in total. The van der Waals surface area contributed by atoms with Crippen LogP contribution in [0.25, 0.3) is 0 Å². The number of rotatable bonds is 9. The molecule has 0 aliphatic heterocycles. The van der Waals surface area contributed by atoms with Gasteiger partial charge in [0.25, 0.3) is 0 Å². The number of carboxylic acid groups (broad SMARTS) is 1. The Morgan fingerprint density at radius 2 is 1.80 bits per heavy atom. The molecule has 5 nitrogen and oxygen atoms in total. The second kappa shape index (κ2) is 9.47. The van der Waals surface area contributed by atoms with E-state index < -0.39 is 5.97 Å². The van der Waals surface area contributed by atoms with E-state index in [-0.39, 0.29) is 18.7 Å². The first-order valence-electron chi connectivity index (χ1n) is 8.29. The molecular formula is C20H23NO4. The van der Waals surface area contributed by atoms with Crippen molar-refractivity contribution in [2.45, 2.75) is 32.8 Å². The fraction of sp³-hybridized carbons (Fsp3) is 0.300. The van der Waals surface area contributed by atoms with Crippen molar-refractivity contribution in [2.24, 2.45) is 0 Å². The average Bonchev–Trinajstić information content (AvgIpc) is 2.59. The smallest absolute Gasteiger partial charge is 0.303 e. The molecule has 0 bridgehead atoms. The van der Waals surface area contributed by atoms with Gasteiger partial charge in [0.2, 0.25) is 5.91 Å². The summed E-state index contributed by atoms with van der Waals surface area (Å²) in [6.45, 7) is 3.03. The van der Waals surface area contributed by atoms with Gasteiger partial charge in [-0.1, -0.05) is 42.0 Å². The fourth-order valence-corrected chi connectivity index (χ4v) is 2.41. The molecule has 25 heavy (non-hydrogen) atoms. The lowest BCUT2D eigenvalue weighted by atomic mass is 10.1. The third-order valence-corrected chi connectivity index (χ3v) is 3.69. The van der Waals surface area contributed by atoms with Crippen molar-refractivity contribution < 1.29 is 19.4 Å². The van der Waals surface area contributed by atoms with Crippen LogP contribution in [0, 0.1) is 6.92 Å². The molecule has 132 valence electrons. The molecule has 0 aliphatic rings. The van der Waals surface area contributed by atoms with Gasteiger partial charge in [0.1, 0.15) is 12.4 Å². The van der Waals surface area contributed by atoms with Crippen LogP contribution in [0.2, 0.25) is 0 Å². The monoisotopic (exact) mass is 341 g/mol. The molecule has 2 rings (SSSR count). The minimum absolute atomic E-state index is 0.00891. The number of carbonyl (C=O) groups is 2. The zero-order valence-electron chi connectivity index (χ0n) is 14.3. The Kier molecular flexibility index (Phi) is 7.01. The molecule has 0 unspecified atom stereocenters. The van der Waals surface area contributed by atoms with E-state index in [1.165, 1.54) is 5.56 Å². The number of hydrogen-bond donors (Lipinski definition) is 2. The van der Waals surface area contributed by atoms with Crippen molar-refractivity contribution in [3.05, 3.63) is 65.2 Å². The quantitative estimate of drug-likeness (QED) is 0.735. The first kappa shape index (κ1) is 18.5. The lowest BCUT2D eigenvalue weighted by Gasteiger charge is -2.09. The van der Waals surface area contributed by atoms with Crippen LogP contribution in [-0.4, -0.2) is 23.5 Å². The standard InChI is InChI=1S/C20H23NO4/c1-15-4-2-6-17(12-15)14-25-18-7-3-5-16(13-18)10-11-21-19(22)8-9-20(23)24/h2-7,12-13H,8-11,14H2,1H3,(H,21,22)(H,23,24). The van der Waals surface area contributed by atoms with Crippen LogP contribution in [0.15, 0.2) is 48.5 Å². The second-order valence-corrected chi connectivity index (χ2v) is 5.92. The maximum absolute atomic E-state index is 11.5. The molecular weight excluding hydrogens is 318 g/mol. The molecule has 0 radical (unpaired) electrons. The number of carbonyl (C=O) groups excluding carboxylic acids is 1. The molecule has 5 heteroatoms. The van der Waals surface area contributed by atoms with E-state index in [2.05, 4.69) is 24.4 Å². The topological polar surface area (TPSA) is 75.6 Å². The first-order chi connectivity index (χ1) is 12.0. The zero-order chi connectivity index (χ0) is 18.1. The number of aryl methyl sites for hydroxylation is 1. The van der Waals surface area contributed by atoms with Crippen molar-refractivity contribution in [3.63, 3.8) is 0 Å². The summed E-state index contributed by atoms with van der Waals surface area (Å²) >= 11 is 0. The summed E-state index contributed by atoms with van der Waals surface area (Å²) in [4.78, 5) is 21.9. The van der Waals surface area contributed by atoms with E-state index in [9.17, 15) is 9.59 Å². The molecule has 0 atom stereocenters. The lowest BCUT2D eigenvalue weighted by molar-refractivity contribution is -0.138. The number of benzene rings is 2. The van der Waals surface area contributed by atoms with Gasteiger partial charge in [-0.15, -0.1) is 0 Å². The van der Waals surface area contributed by atoms with Gasteiger partial charge in [-0.3, -0.25) is 9.59 Å². The van der Waals surface area contributed by atoms with Crippen LogP contribution in [0.4, 0.5) is 0 Å². The Balaban J connectivity index is 1.78. The Bertz CT molecular complexity index is 727. The molecule has 0 saturated heterocycles. The van der Waals surface area contributed by atoms with Gasteiger partial charge in [-0.05, 0) is 36.6 Å². The third kappa shape index (κ3) is 7.08. The summed E-state index contributed by atoms with van der Waals surface area (Å²) < 4.78 is 5.83. The normalized spacial score (nSPS) is 10.3. The second-order valence-electron chi connectivity index (χ2n) is 5.92. The van der Waals surface area contributed by atoms with Crippen molar-refractivity contribution in [1.29, 1.82) is 0 Å². The maximum atomic E-state index is 11.5. The van der Waals surface area contributed by atoms with E-state index >= 15 is 0 Å². The molecule has 2 aromatic carbocycles. The van der Waals surface area contributed by atoms with Crippen molar-refractivity contribution in [3.8, 4) is 5.75 Å². The number of carboxylic acids is 1. The van der Waals surface area contributed by atoms with Crippen LogP contribution in [0.1, 0.15) is 29.5 Å². The number of amides is 1. The maximum Gasteiger partial charge on any atom is 0.303 e. The van der Waals surface area contributed by atoms with E-state index in [4.69, 9.17) is 9.84 Å². The van der Waals surface area contributed by atoms with Gasteiger partial charge in [-0.2, -0.15) is 0 Å². The molecule has 0 fully saturated rings. The van der Waals surface area contributed by atoms with Gasteiger partial charge in [0.15, 0.2) is 0 Å². The van der Waals surface area contributed by atoms with E-state index in [1.54, 1.807) is 0 Å². The summed E-state index contributed by atoms with van der Waals surface area (Å²) in [6, 6.07) is 16.0. The van der Waals surface area contributed by atoms with Crippen LogP contribution in [0.5, 0.6) is 5.75 Å². The molecule has 0 aromatic heterocycles. The minimum atomic E-state index is -0.964. The number of aliphatic carboxylic acids is 1. The summed E-state index contributed by atoms with van der Waals surface area (Å²) in [5, 5.41) is 11.3. The average molecular weight is 341 g/mol. The number of nitrogens with one attached hydrogen (secondary N) is 1. The molecule has 0 heterocycles. The fourth-order valence-electron chi connectivity index (χ4n) is 2.41. The lowest BCUT2D eigenvalue weighted by Crippen LogP contribution is -2.26. The Labute approximate surface area is 147 Å². The van der Waals surface area contributed by atoms with Crippen LogP contribution >= 0.6 is 0 Å². The highest BCUT2D eigenvalue weighted by molar-refractivity contribution is 5.80. The van der Waals surface area contributed by atoms with Crippen LogP contribution in [0.3, 0.4) is 0 Å². The Hall–Kier alpha value is -2.82. The van der Waals surface area contributed by atoms with Crippen molar-refractivity contribution in [2.75, 3.05) is 6.54 Å². The van der Waals surface area contributed by atoms with Crippen molar-refractivity contribution in [1.82, 2.24) is 5.32 Å². The Morgan fingerprint density at radius 1 is 1.04 bits per heavy atom.